The molecule has 3 aromatic rings. The summed E-state index contributed by atoms with van der Waals surface area (Å²) in [7, 11) is 0. The van der Waals surface area contributed by atoms with E-state index in [9.17, 15) is 19.1 Å². The average molecular weight is 407 g/mol. The van der Waals surface area contributed by atoms with Crippen molar-refractivity contribution in [2.45, 2.75) is 12.1 Å². The van der Waals surface area contributed by atoms with Crippen LogP contribution in [0.25, 0.3) is 0 Å². The number of nitrogens with one attached hydrogen (secondary N) is 1. The second kappa shape index (κ2) is 8.20. The summed E-state index contributed by atoms with van der Waals surface area (Å²) in [6, 6.07) is 16.2. The number of nitrogens with zero attached hydrogens (tertiary/aromatic N) is 2. The summed E-state index contributed by atoms with van der Waals surface area (Å²) in [5.41, 5.74) is 1.40. The second-order valence-corrected chi connectivity index (χ2v) is 6.73. The van der Waals surface area contributed by atoms with Crippen LogP contribution in [0.2, 0.25) is 0 Å². The van der Waals surface area contributed by atoms with Crippen LogP contribution in [0.15, 0.2) is 72.9 Å². The van der Waals surface area contributed by atoms with Crippen molar-refractivity contribution in [2.75, 3.05) is 11.4 Å². The molecule has 4 rings (SSSR count). The van der Waals surface area contributed by atoms with E-state index in [-0.39, 0.29) is 18.0 Å². The molecule has 1 unspecified atom stereocenters. The highest BCUT2D eigenvalue weighted by molar-refractivity contribution is 5.93. The Labute approximate surface area is 171 Å². The molecule has 0 spiro atoms. The molecule has 2 amide bonds. The van der Waals surface area contributed by atoms with Crippen molar-refractivity contribution in [1.29, 1.82) is 0 Å². The van der Waals surface area contributed by atoms with Crippen molar-refractivity contribution in [3.63, 3.8) is 0 Å². The molecule has 152 valence electrons. The van der Waals surface area contributed by atoms with Crippen LogP contribution in [0.5, 0.6) is 5.75 Å². The number of halogens is 1. The van der Waals surface area contributed by atoms with Gasteiger partial charge in [-0.25, -0.2) is 9.18 Å². The number of aromatic hydroxyl groups is 1. The predicted octanol–water partition coefficient (Wildman–Crippen LogP) is 3.42. The van der Waals surface area contributed by atoms with Gasteiger partial charge in [0.1, 0.15) is 29.4 Å². The number of hydrogen-bond donors (Lipinski definition) is 2. The molecule has 30 heavy (non-hydrogen) atoms. The standard InChI is InChI=1S/C22H18FN3O4/c23-15-6-8-16(9-7-15)26-20(14-4-10-17(27)11-5-14)19(30-22(26)29)13-25-21(28)18-3-1-2-12-24-18/h1-12,19-20,27H,13H2,(H,25,28)/t19-,20?/m1/s1. The molecule has 2 atom stereocenters. The maximum absolute atomic E-state index is 13.4. The maximum Gasteiger partial charge on any atom is 0.415 e. The van der Waals surface area contributed by atoms with Gasteiger partial charge in [0.2, 0.25) is 0 Å². The van der Waals surface area contributed by atoms with Crippen LogP contribution < -0.4 is 10.2 Å². The molecule has 8 heteroatoms. The molecular weight excluding hydrogens is 389 g/mol. The number of ether oxygens (including phenoxy) is 1. The minimum absolute atomic E-state index is 0.0460. The first-order valence-corrected chi connectivity index (χ1v) is 9.26. The maximum atomic E-state index is 13.4. The van der Waals surface area contributed by atoms with Crippen LogP contribution in [0, 0.1) is 5.82 Å². The third kappa shape index (κ3) is 3.93. The number of carbonyl (C=O) groups excluding carboxylic acids is 2. The highest BCUT2D eigenvalue weighted by Crippen LogP contribution is 2.37. The number of phenols is 1. The molecule has 1 aliphatic heterocycles. The topological polar surface area (TPSA) is 91.8 Å². The summed E-state index contributed by atoms with van der Waals surface area (Å²) < 4.78 is 18.9. The van der Waals surface area contributed by atoms with Crippen molar-refractivity contribution in [3.05, 3.63) is 90.0 Å². The van der Waals surface area contributed by atoms with Crippen molar-refractivity contribution < 1.29 is 23.8 Å². The Kier molecular flexibility index (Phi) is 5.30. The lowest BCUT2D eigenvalue weighted by Gasteiger charge is -2.25. The van der Waals surface area contributed by atoms with Crippen LogP contribution in [0.4, 0.5) is 14.9 Å². The lowest BCUT2D eigenvalue weighted by atomic mass is 9.99. The summed E-state index contributed by atoms with van der Waals surface area (Å²) in [4.78, 5) is 30.4. The van der Waals surface area contributed by atoms with Gasteiger partial charge < -0.3 is 15.2 Å². The zero-order valence-electron chi connectivity index (χ0n) is 15.7. The summed E-state index contributed by atoms with van der Waals surface area (Å²) in [6.45, 7) is 0.0460. The van der Waals surface area contributed by atoms with Gasteiger partial charge in [-0.2, -0.15) is 0 Å². The lowest BCUT2D eigenvalue weighted by molar-refractivity contribution is 0.0897. The number of anilines is 1. The first kappa shape index (κ1) is 19.4. The third-order valence-electron chi connectivity index (χ3n) is 4.78. The van der Waals surface area contributed by atoms with E-state index in [0.717, 1.165) is 0 Å². The van der Waals surface area contributed by atoms with Crippen LogP contribution in [0.3, 0.4) is 0 Å². The fourth-order valence-electron chi connectivity index (χ4n) is 3.37. The van der Waals surface area contributed by atoms with Gasteiger partial charge in [0.05, 0.1) is 6.54 Å². The Hall–Kier alpha value is -3.94. The van der Waals surface area contributed by atoms with E-state index in [4.69, 9.17) is 4.74 Å². The smallest absolute Gasteiger partial charge is 0.415 e. The fraction of sp³-hybridized carbons (Fsp3) is 0.136. The van der Waals surface area contributed by atoms with Gasteiger partial charge >= 0.3 is 6.09 Å². The number of cyclic esters (lactones) is 1. The molecule has 0 saturated carbocycles. The van der Waals surface area contributed by atoms with E-state index < -0.39 is 30.0 Å². The van der Waals surface area contributed by atoms with Gasteiger partial charge in [-0.05, 0) is 54.1 Å². The number of carbonyl (C=O) groups is 2. The van der Waals surface area contributed by atoms with E-state index in [1.807, 2.05) is 0 Å². The first-order chi connectivity index (χ1) is 14.5. The summed E-state index contributed by atoms with van der Waals surface area (Å²) in [5, 5.41) is 12.4. The Bertz CT molecular complexity index is 1040. The number of benzene rings is 2. The first-order valence-electron chi connectivity index (χ1n) is 9.26. The van der Waals surface area contributed by atoms with Crippen LogP contribution in [0.1, 0.15) is 22.1 Å². The minimum atomic E-state index is -0.709. The lowest BCUT2D eigenvalue weighted by Crippen LogP contribution is -2.37. The van der Waals surface area contributed by atoms with Crippen LogP contribution >= 0.6 is 0 Å². The van der Waals surface area contributed by atoms with Crippen molar-refractivity contribution >= 4 is 17.7 Å². The Balaban J connectivity index is 1.61. The highest BCUT2D eigenvalue weighted by atomic mass is 19.1. The zero-order chi connectivity index (χ0) is 21.1. The average Bonchev–Trinajstić information content (AvgIpc) is 3.10. The molecule has 2 heterocycles. The molecule has 2 aromatic carbocycles. The van der Waals surface area contributed by atoms with E-state index >= 15 is 0 Å². The van der Waals surface area contributed by atoms with E-state index in [1.54, 1.807) is 30.3 Å². The molecule has 1 aromatic heterocycles. The van der Waals surface area contributed by atoms with E-state index in [0.29, 0.717) is 11.3 Å². The molecule has 2 N–H and O–H groups in total. The van der Waals surface area contributed by atoms with Crippen LogP contribution in [-0.2, 0) is 4.74 Å². The number of phenolic OH excluding ortho intramolecular Hbond substituents is 1. The molecule has 0 aliphatic carbocycles. The van der Waals surface area contributed by atoms with E-state index in [1.165, 1.54) is 47.5 Å². The SMILES string of the molecule is O=C(NC[C@H]1OC(=O)N(c2ccc(F)cc2)C1c1ccc(O)cc1)c1ccccn1. The van der Waals surface area contributed by atoms with Crippen molar-refractivity contribution in [3.8, 4) is 5.75 Å². The minimum Gasteiger partial charge on any atom is -0.508 e. The number of hydrogen-bond acceptors (Lipinski definition) is 5. The fourth-order valence-corrected chi connectivity index (χ4v) is 3.37. The van der Waals surface area contributed by atoms with Crippen molar-refractivity contribution in [1.82, 2.24) is 10.3 Å². The number of amides is 2. The summed E-state index contributed by atoms with van der Waals surface area (Å²) in [5.74, 6) is -0.736. The molecule has 1 saturated heterocycles. The van der Waals surface area contributed by atoms with Crippen LogP contribution in [-0.4, -0.2) is 34.7 Å². The molecule has 1 aliphatic rings. The molecule has 0 bridgehead atoms. The zero-order valence-corrected chi connectivity index (χ0v) is 15.7. The highest BCUT2D eigenvalue weighted by Gasteiger charge is 2.43. The molecule has 7 nitrogen and oxygen atoms in total. The van der Waals surface area contributed by atoms with Gasteiger partial charge in [0, 0.05) is 11.9 Å². The Morgan fingerprint density at radius 1 is 1.10 bits per heavy atom. The van der Waals surface area contributed by atoms with Gasteiger partial charge in [0.25, 0.3) is 5.91 Å². The summed E-state index contributed by atoms with van der Waals surface area (Å²) in [6.07, 6.45) is 0.191. The normalized spacial score (nSPS) is 18.2. The molecular formula is C22H18FN3O4. The molecule has 0 radical (unpaired) electrons. The Morgan fingerprint density at radius 2 is 1.83 bits per heavy atom. The largest absolute Gasteiger partial charge is 0.508 e. The third-order valence-corrected chi connectivity index (χ3v) is 4.78. The number of aromatic nitrogens is 1. The number of rotatable bonds is 5. The van der Waals surface area contributed by atoms with Crippen molar-refractivity contribution in [2.24, 2.45) is 0 Å². The monoisotopic (exact) mass is 407 g/mol. The quantitative estimate of drug-likeness (QED) is 0.676. The van der Waals surface area contributed by atoms with E-state index in [2.05, 4.69) is 10.3 Å². The number of pyridine rings is 1. The predicted molar refractivity (Wildman–Crippen MR) is 107 cm³/mol. The second-order valence-electron chi connectivity index (χ2n) is 6.73. The Morgan fingerprint density at radius 3 is 2.50 bits per heavy atom. The van der Waals surface area contributed by atoms with Gasteiger partial charge in [-0.1, -0.05) is 18.2 Å². The molecule has 1 fully saturated rings. The van der Waals surface area contributed by atoms with Gasteiger partial charge in [-0.3, -0.25) is 14.7 Å². The van der Waals surface area contributed by atoms with Gasteiger partial charge in [-0.15, -0.1) is 0 Å². The summed E-state index contributed by atoms with van der Waals surface area (Å²) >= 11 is 0. The van der Waals surface area contributed by atoms with Gasteiger partial charge in [0.15, 0.2) is 0 Å².